The van der Waals surface area contributed by atoms with Gasteiger partial charge < -0.3 is 5.11 Å². The van der Waals surface area contributed by atoms with Gasteiger partial charge in [0.25, 0.3) is 0 Å². The lowest BCUT2D eigenvalue weighted by atomic mass is 9.91. The molecule has 0 atom stereocenters. The fourth-order valence-electron chi connectivity index (χ4n) is 3.59. The second-order valence-corrected chi connectivity index (χ2v) is 11.6. The van der Waals surface area contributed by atoms with E-state index in [4.69, 9.17) is 28.2 Å². The third kappa shape index (κ3) is 4.77. The van der Waals surface area contributed by atoms with Gasteiger partial charge in [-0.05, 0) is 47.5 Å². The molecule has 0 amide bonds. The van der Waals surface area contributed by atoms with Crippen LogP contribution in [0.25, 0.3) is 28.2 Å². The highest BCUT2D eigenvalue weighted by Crippen LogP contribution is 2.37. The Labute approximate surface area is 209 Å². The summed E-state index contributed by atoms with van der Waals surface area (Å²) in [7, 11) is -3.30. The molecule has 0 fully saturated rings. The molecular weight excluding hydrogens is 491 g/mol. The van der Waals surface area contributed by atoms with Crippen LogP contribution in [0.1, 0.15) is 19.5 Å². The summed E-state index contributed by atoms with van der Waals surface area (Å²) < 4.78 is 25.8. The van der Waals surface area contributed by atoms with Crippen molar-refractivity contribution in [1.29, 1.82) is 0 Å². The average molecular weight is 515 g/mol. The molecule has 0 saturated heterocycles. The van der Waals surface area contributed by atoms with E-state index >= 15 is 0 Å². The normalized spacial score (nSPS) is 12.2. The summed E-state index contributed by atoms with van der Waals surface area (Å²) >= 11 is 13.0. The number of benzene rings is 3. The Morgan fingerprint density at radius 3 is 2.15 bits per heavy atom. The maximum absolute atomic E-state index is 11.9. The summed E-state index contributed by atoms with van der Waals surface area (Å²) in [6.45, 7) is 3.75. The van der Waals surface area contributed by atoms with Crippen molar-refractivity contribution in [2.45, 2.75) is 24.2 Å². The highest BCUT2D eigenvalue weighted by molar-refractivity contribution is 7.90. The van der Waals surface area contributed by atoms with Gasteiger partial charge in [0.1, 0.15) is 5.82 Å². The molecule has 34 heavy (non-hydrogen) atoms. The number of aromatic nitrogens is 2. The predicted molar refractivity (Wildman–Crippen MR) is 138 cm³/mol. The van der Waals surface area contributed by atoms with Crippen molar-refractivity contribution in [3.05, 3.63) is 88.7 Å². The molecule has 0 aliphatic heterocycles. The van der Waals surface area contributed by atoms with Crippen molar-refractivity contribution < 1.29 is 13.5 Å². The van der Waals surface area contributed by atoms with Crippen molar-refractivity contribution in [1.82, 2.24) is 9.55 Å². The van der Waals surface area contributed by atoms with Crippen LogP contribution in [0.3, 0.4) is 0 Å². The van der Waals surface area contributed by atoms with Gasteiger partial charge in [0.05, 0.1) is 32.8 Å². The predicted octanol–water partition coefficient (Wildman–Crippen LogP) is 6.19. The van der Waals surface area contributed by atoms with Gasteiger partial charge in [-0.25, -0.2) is 13.4 Å². The van der Waals surface area contributed by atoms with Crippen LogP contribution >= 0.6 is 23.2 Å². The molecule has 4 aromatic rings. The van der Waals surface area contributed by atoms with E-state index in [9.17, 15) is 13.5 Å². The summed E-state index contributed by atoms with van der Waals surface area (Å²) in [6, 6.07) is 19.8. The van der Waals surface area contributed by atoms with Crippen molar-refractivity contribution in [2.75, 3.05) is 12.9 Å². The largest absolute Gasteiger partial charge is 0.395 e. The average Bonchev–Trinajstić information content (AvgIpc) is 3.24. The van der Waals surface area contributed by atoms with Crippen molar-refractivity contribution in [3.63, 3.8) is 0 Å². The Hall–Kier alpha value is -2.64. The quantitative estimate of drug-likeness (QED) is 0.333. The topological polar surface area (TPSA) is 72.2 Å². The maximum atomic E-state index is 11.9. The molecule has 0 unspecified atom stereocenters. The molecule has 0 saturated carbocycles. The Kier molecular flexibility index (Phi) is 6.62. The minimum absolute atomic E-state index is 0.0741. The van der Waals surface area contributed by atoms with Crippen molar-refractivity contribution >= 4 is 33.0 Å². The summed E-state index contributed by atoms with van der Waals surface area (Å²) in [5.41, 5.74) is 3.24. The first-order chi connectivity index (χ1) is 16.0. The van der Waals surface area contributed by atoms with Gasteiger partial charge in [0, 0.05) is 23.6 Å². The highest BCUT2D eigenvalue weighted by atomic mass is 35.5. The Morgan fingerprint density at radius 1 is 0.941 bits per heavy atom. The zero-order valence-corrected chi connectivity index (χ0v) is 21.3. The van der Waals surface area contributed by atoms with Crippen LogP contribution in [-0.2, 0) is 15.3 Å². The van der Waals surface area contributed by atoms with Gasteiger partial charge in [-0.1, -0.05) is 67.4 Å². The molecular formula is C26H24Cl2N2O3S. The van der Waals surface area contributed by atoms with Gasteiger partial charge in [0.15, 0.2) is 9.84 Å². The van der Waals surface area contributed by atoms with E-state index in [0.29, 0.717) is 27.1 Å². The van der Waals surface area contributed by atoms with Crippen LogP contribution in [0.15, 0.2) is 77.8 Å². The number of rotatable bonds is 6. The SMILES string of the molecule is CC(C)(CO)c1cn(-c2ccc(-c3cccc(S(C)(=O)=O)c3)cc2)c(-c2c(Cl)cccc2Cl)n1. The van der Waals surface area contributed by atoms with E-state index in [1.807, 2.05) is 54.9 Å². The van der Waals surface area contributed by atoms with Gasteiger partial charge in [-0.2, -0.15) is 0 Å². The minimum atomic E-state index is -3.30. The number of sulfone groups is 1. The number of hydrogen-bond acceptors (Lipinski definition) is 4. The summed E-state index contributed by atoms with van der Waals surface area (Å²) in [4.78, 5) is 5.08. The van der Waals surface area contributed by atoms with Crippen LogP contribution < -0.4 is 0 Å². The minimum Gasteiger partial charge on any atom is -0.395 e. The fourth-order valence-corrected chi connectivity index (χ4v) is 4.83. The first-order valence-electron chi connectivity index (χ1n) is 10.6. The molecule has 0 aliphatic rings. The molecule has 0 spiro atoms. The van der Waals surface area contributed by atoms with E-state index in [1.165, 1.54) is 6.26 Å². The number of halogens is 2. The number of aliphatic hydroxyl groups excluding tert-OH is 1. The van der Waals surface area contributed by atoms with E-state index in [2.05, 4.69) is 0 Å². The fraction of sp³-hybridized carbons (Fsp3) is 0.192. The summed E-state index contributed by atoms with van der Waals surface area (Å²) in [5, 5.41) is 10.8. The maximum Gasteiger partial charge on any atom is 0.175 e. The van der Waals surface area contributed by atoms with Crippen LogP contribution in [0, 0.1) is 0 Å². The lowest BCUT2D eigenvalue weighted by Gasteiger charge is -2.18. The zero-order chi connectivity index (χ0) is 24.7. The van der Waals surface area contributed by atoms with Crippen molar-refractivity contribution in [2.24, 2.45) is 0 Å². The third-order valence-electron chi connectivity index (χ3n) is 5.72. The standard InChI is InChI=1S/C26H24Cl2N2O3S/c1-26(2,16-31)23-15-30(25(29-23)24-21(27)8-5-9-22(24)28)19-12-10-17(11-13-19)18-6-4-7-20(14-18)34(3,32)33/h4-15,31H,16H2,1-3H3. The van der Waals surface area contributed by atoms with Crippen LogP contribution in [0.2, 0.25) is 10.0 Å². The molecule has 1 N–H and O–H groups in total. The van der Waals surface area contributed by atoms with E-state index in [0.717, 1.165) is 16.8 Å². The molecule has 0 radical (unpaired) electrons. The van der Waals surface area contributed by atoms with Gasteiger partial charge in [0.2, 0.25) is 0 Å². The first-order valence-corrected chi connectivity index (χ1v) is 13.2. The number of aliphatic hydroxyl groups is 1. The zero-order valence-electron chi connectivity index (χ0n) is 19.0. The van der Waals surface area contributed by atoms with E-state index in [-0.39, 0.29) is 11.5 Å². The molecule has 0 aliphatic carbocycles. The molecule has 0 bridgehead atoms. The van der Waals surface area contributed by atoms with Gasteiger partial charge in [-0.15, -0.1) is 0 Å². The lowest BCUT2D eigenvalue weighted by Crippen LogP contribution is -2.22. The summed E-state index contributed by atoms with van der Waals surface area (Å²) in [5.74, 6) is 0.568. The third-order valence-corrected chi connectivity index (χ3v) is 7.46. The number of hydrogen-bond donors (Lipinski definition) is 1. The molecule has 5 nitrogen and oxygen atoms in total. The van der Waals surface area contributed by atoms with Gasteiger partial charge in [-0.3, -0.25) is 4.57 Å². The smallest absolute Gasteiger partial charge is 0.175 e. The summed E-state index contributed by atoms with van der Waals surface area (Å²) in [6.07, 6.45) is 3.07. The molecule has 4 rings (SSSR count). The Morgan fingerprint density at radius 2 is 1.56 bits per heavy atom. The molecule has 1 heterocycles. The monoisotopic (exact) mass is 514 g/mol. The molecule has 176 valence electrons. The number of nitrogens with zero attached hydrogens (tertiary/aromatic N) is 2. The van der Waals surface area contributed by atoms with Gasteiger partial charge >= 0.3 is 0 Å². The second-order valence-electron chi connectivity index (χ2n) is 8.81. The van der Waals surface area contributed by atoms with Crippen molar-refractivity contribution in [3.8, 4) is 28.2 Å². The van der Waals surface area contributed by atoms with E-state index < -0.39 is 15.3 Å². The number of imidazole rings is 1. The Balaban J connectivity index is 1.83. The molecule has 1 aromatic heterocycles. The van der Waals surface area contributed by atoms with Crippen LogP contribution in [0.5, 0.6) is 0 Å². The highest BCUT2D eigenvalue weighted by Gasteiger charge is 2.26. The van der Waals surface area contributed by atoms with E-state index in [1.54, 1.807) is 36.4 Å². The second kappa shape index (κ2) is 9.19. The first kappa shape index (κ1) is 24.5. The Bertz CT molecular complexity index is 1440. The van der Waals surface area contributed by atoms with Crippen LogP contribution in [-0.4, -0.2) is 35.9 Å². The van der Waals surface area contributed by atoms with Crippen LogP contribution in [0.4, 0.5) is 0 Å². The molecule has 3 aromatic carbocycles. The molecule has 8 heteroatoms. The lowest BCUT2D eigenvalue weighted by molar-refractivity contribution is 0.215.